The Hall–Kier alpha value is -1.46. The number of nitrogens with one attached hydrogen (secondary N) is 1. The molecule has 0 bridgehead atoms. The highest BCUT2D eigenvalue weighted by molar-refractivity contribution is 9.10. The van der Waals surface area contributed by atoms with Crippen molar-refractivity contribution in [2.75, 3.05) is 19.0 Å². The molecule has 0 amide bonds. The zero-order valence-electron chi connectivity index (χ0n) is 12.3. The molecule has 3 rings (SSSR count). The van der Waals surface area contributed by atoms with E-state index in [-0.39, 0.29) is 0 Å². The second-order valence-electron chi connectivity index (χ2n) is 5.07. The molecule has 1 heterocycles. The van der Waals surface area contributed by atoms with Gasteiger partial charge in [0.15, 0.2) is 5.17 Å². The molecule has 0 spiro atoms. The predicted molar refractivity (Wildman–Crippen MR) is 98.1 cm³/mol. The van der Waals surface area contributed by atoms with Gasteiger partial charge in [0.25, 0.3) is 0 Å². The minimum atomic E-state index is 0.502. The van der Waals surface area contributed by atoms with E-state index >= 15 is 0 Å². The van der Waals surface area contributed by atoms with Crippen LogP contribution in [0.2, 0.25) is 0 Å². The summed E-state index contributed by atoms with van der Waals surface area (Å²) in [5.74, 6) is 0.861. The van der Waals surface area contributed by atoms with Gasteiger partial charge >= 0.3 is 0 Å². The number of benzene rings is 2. The van der Waals surface area contributed by atoms with Gasteiger partial charge in [-0.2, -0.15) is 0 Å². The van der Waals surface area contributed by atoms with Crippen LogP contribution in [0.4, 0.5) is 5.69 Å². The van der Waals surface area contributed by atoms with Crippen molar-refractivity contribution in [3.63, 3.8) is 0 Å². The van der Waals surface area contributed by atoms with Gasteiger partial charge < -0.3 is 10.1 Å². The first-order valence-electron chi connectivity index (χ1n) is 7.09. The molecule has 1 aliphatic heterocycles. The maximum atomic E-state index is 5.16. The Kier molecular flexibility index (Phi) is 5.05. The highest BCUT2D eigenvalue weighted by atomic mass is 79.9. The maximum absolute atomic E-state index is 5.16. The fourth-order valence-corrected chi connectivity index (χ4v) is 3.60. The molecule has 0 aliphatic carbocycles. The van der Waals surface area contributed by atoms with Gasteiger partial charge in [0.1, 0.15) is 5.75 Å². The van der Waals surface area contributed by atoms with Gasteiger partial charge in [-0.3, -0.25) is 4.99 Å². The van der Waals surface area contributed by atoms with E-state index in [2.05, 4.69) is 50.5 Å². The van der Waals surface area contributed by atoms with E-state index < -0.39 is 0 Å². The topological polar surface area (TPSA) is 33.6 Å². The minimum Gasteiger partial charge on any atom is -0.497 e. The van der Waals surface area contributed by atoms with Crippen molar-refractivity contribution < 1.29 is 4.74 Å². The second kappa shape index (κ2) is 7.20. The van der Waals surface area contributed by atoms with Crippen LogP contribution in [0.3, 0.4) is 0 Å². The van der Waals surface area contributed by atoms with E-state index in [9.17, 15) is 0 Å². The second-order valence-corrected chi connectivity index (χ2v) is 7.27. The third-order valence-electron chi connectivity index (χ3n) is 3.43. The van der Waals surface area contributed by atoms with Crippen molar-refractivity contribution in [2.45, 2.75) is 11.7 Å². The number of methoxy groups -OCH3 is 1. The number of rotatable bonds is 4. The van der Waals surface area contributed by atoms with Crippen LogP contribution >= 0.6 is 27.7 Å². The molecule has 114 valence electrons. The van der Waals surface area contributed by atoms with Gasteiger partial charge in [-0.05, 0) is 48.4 Å². The molecule has 0 saturated heterocycles. The van der Waals surface area contributed by atoms with Crippen LogP contribution in [0, 0.1) is 0 Å². The zero-order chi connectivity index (χ0) is 15.4. The van der Waals surface area contributed by atoms with Crippen LogP contribution in [0.5, 0.6) is 5.75 Å². The van der Waals surface area contributed by atoms with Gasteiger partial charge in [0, 0.05) is 15.4 Å². The van der Waals surface area contributed by atoms with Crippen molar-refractivity contribution in [3.8, 4) is 5.75 Å². The molecule has 1 N–H and O–H groups in total. The van der Waals surface area contributed by atoms with Crippen molar-refractivity contribution >= 4 is 38.5 Å². The summed E-state index contributed by atoms with van der Waals surface area (Å²) in [6.07, 6.45) is 1.04. The number of aliphatic imine (C=N–C) groups is 1. The summed E-state index contributed by atoms with van der Waals surface area (Å²) in [6, 6.07) is 16.4. The van der Waals surface area contributed by atoms with Crippen molar-refractivity contribution in [3.05, 3.63) is 58.6 Å². The van der Waals surface area contributed by atoms with Crippen molar-refractivity contribution in [1.82, 2.24) is 0 Å². The predicted octanol–water partition coefficient (Wildman–Crippen LogP) is 4.58. The Balaban J connectivity index is 1.53. The maximum Gasteiger partial charge on any atom is 0.161 e. The van der Waals surface area contributed by atoms with Crippen LogP contribution < -0.4 is 10.1 Å². The Bertz CT molecular complexity index is 655. The molecular formula is C17H17BrN2OS. The molecule has 0 unspecified atom stereocenters. The number of nitrogens with zero attached hydrogens (tertiary/aromatic N) is 1. The standard InChI is InChI=1S/C17H17BrN2OS/c1-21-15-8-6-14(7-9-15)20-17-19-11-16(22-17)10-12-2-4-13(18)5-3-12/h2-9,16H,10-11H2,1H3,(H,19,20)/t16-/m0/s1. The number of hydrogen-bond acceptors (Lipinski definition) is 4. The minimum absolute atomic E-state index is 0.502. The molecule has 0 saturated carbocycles. The molecule has 0 radical (unpaired) electrons. The molecule has 5 heteroatoms. The number of anilines is 1. The SMILES string of the molecule is COc1ccc(NC2=NC[C@H](Cc3ccc(Br)cc3)S2)cc1. The molecule has 3 nitrogen and oxygen atoms in total. The number of ether oxygens (including phenoxy) is 1. The average Bonchev–Trinajstić information content (AvgIpc) is 2.97. The lowest BCUT2D eigenvalue weighted by Gasteiger charge is -2.10. The summed E-state index contributed by atoms with van der Waals surface area (Å²) in [5, 5.41) is 4.86. The quantitative estimate of drug-likeness (QED) is 0.847. The molecule has 2 aromatic rings. The van der Waals surface area contributed by atoms with Gasteiger partial charge in [-0.1, -0.05) is 39.8 Å². The number of halogens is 1. The molecule has 2 aromatic carbocycles. The van der Waals surface area contributed by atoms with Gasteiger partial charge in [-0.15, -0.1) is 0 Å². The summed E-state index contributed by atoms with van der Waals surface area (Å²) in [4.78, 5) is 4.60. The number of hydrogen-bond donors (Lipinski definition) is 1. The van der Waals surface area contributed by atoms with E-state index in [1.165, 1.54) is 5.56 Å². The molecule has 22 heavy (non-hydrogen) atoms. The van der Waals surface area contributed by atoms with Gasteiger partial charge in [0.05, 0.1) is 13.7 Å². The van der Waals surface area contributed by atoms with E-state index in [4.69, 9.17) is 4.74 Å². The van der Waals surface area contributed by atoms with Crippen LogP contribution in [0.15, 0.2) is 58.0 Å². The Labute approximate surface area is 143 Å². The largest absolute Gasteiger partial charge is 0.497 e. The van der Waals surface area contributed by atoms with Crippen LogP contribution in [0.1, 0.15) is 5.56 Å². The monoisotopic (exact) mass is 376 g/mol. The normalized spacial score (nSPS) is 17.2. The average molecular weight is 377 g/mol. The first-order chi connectivity index (χ1) is 10.7. The lowest BCUT2D eigenvalue weighted by molar-refractivity contribution is 0.415. The fourth-order valence-electron chi connectivity index (χ4n) is 2.27. The summed E-state index contributed by atoms with van der Waals surface area (Å²) >= 11 is 5.28. The summed E-state index contributed by atoms with van der Waals surface area (Å²) < 4.78 is 6.28. The highest BCUT2D eigenvalue weighted by Crippen LogP contribution is 2.26. The van der Waals surface area contributed by atoms with Crippen LogP contribution in [0.25, 0.3) is 0 Å². The van der Waals surface area contributed by atoms with E-state index in [1.807, 2.05) is 36.0 Å². The third kappa shape index (κ3) is 4.05. The van der Waals surface area contributed by atoms with Gasteiger partial charge in [-0.25, -0.2) is 0 Å². The first-order valence-corrected chi connectivity index (χ1v) is 8.77. The Morgan fingerprint density at radius 3 is 2.59 bits per heavy atom. The lowest BCUT2D eigenvalue weighted by atomic mass is 10.1. The third-order valence-corrected chi connectivity index (χ3v) is 5.07. The molecule has 0 fully saturated rings. The van der Waals surface area contributed by atoms with Gasteiger partial charge in [0.2, 0.25) is 0 Å². The summed E-state index contributed by atoms with van der Waals surface area (Å²) in [5.41, 5.74) is 2.39. The van der Waals surface area contributed by atoms with E-state index in [0.29, 0.717) is 5.25 Å². The van der Waals surface area contributed by atoms with Crippen LogP contribution in [-0.2, 0) is 6.42 Å². The van der Waals surface area contributed by atoms with E-state index in [1.54, 1.807) is 7.11 Å². The summed E-state index contributed by atoms with van der Waals surface area (Å²) in [6.45, 7) is 0.860. The fraction of sp³-hybridized carbons (Fsp3) is 0.235. The first kappa shape index (κ1) is 15.4. The molecule has 0 aromatic heterocycles. The zero-order valence-corrected chi connectivity index (χ0v) is 14.7. The molecular weight excluding hydrogens is 360 g/mol. The highest BCUT2D eigenvalue weighted by Gasteiger charge is 2.20. The number of amidine groups is 1. The van der Waals surface area contributed by atoms with Crippen molar-refractivity contribution in [1.29, 1.82) is 0 Å². The number of thioether (sulfide) groups is 1. The summed E-state index contributed by atoms with van der Waals surface area (Å²) in [7, 11) is 1.67. The van der Waals surface area contributed by atoms with Crippen molar-refractivity contribution in [2.24, 2.45) is 4.99 Å². The Morgan fingerprint density at radius 2 is 1.91 bits per heavy atom. The Morgan fingerprint density at radius 1 is 1.18 bits per heavy atom. The molecule has 1 aliphatic rings. The van der Waals surface area contributed by atoms with E-state index in [0.717, 1.165) is 34.0 Å². The molecule has 1 atom stereocenters. The van der Waals surface area contributed by atoms with Crippen LogP contribution in [-0.4, -0.2) is 24.1 Å². The lowest BCUT2D eigenvalue weighted by Crippen LogP contribution is -2.10. The smallest absolute Gasteiger partial charge is 0.161 e.